The molecule has 0 aromatic carbocycles. The lowest BCUT2D eigenvalue weighted by Gasteiger charge is -2.23. The molecular weight excluding hydrogens is 142 g/mol. The molecule has 1 fully saturated rings. The molecule has 3 heteroatoms. The molecule has 0 aromatic heterocycles. The van der Waals surface area contributed by atoms with Gasteiger partial charge < -0.3 is 9.84 Å². The van der Waals surface area contributed by atoms with Crippen molar-refractivity contribution < 1.29 is 9.84 Å². The maximum atomic E-state index is 9.64. The van der Waals surface area contributed by atoms with Crippen molar-refractivity contribution in [1.82, 2.24) is 0 Å². The molecular formula is C8H13NO2. The number of ether oxygens (including phenoxy) is 1. The van der Waals surface area contributed by atoms with E-state index in [1.54, 1.807) is 0 Å². The second kappa shape index (κ2) is 2.80. The predicted molar refractivity (Wildman–Crippen MR) is 39.8 cm³/mol. The average Bonchev–Trinajstić information content (AvgIpc) is 2.32. The third-order valence-corrected chi connectivity index (χ3v) is 2.05. The lowest BCUT2D eigenvalue weighted by Crippen LogP contribution is -2.39. The van der Waals surface area contributed by atoms with Gasteiger partial charge in [-0.1, -0.05) is 13.8 Å². The van der Waals surface area contributed by atoms with Crippen LogP contribution in [0.5, 0.6) is 0 Å². The molecule has 1 saturated heterocycles. The summed E-state index contributed by atoms with van der Waals surface area (Å²) in [5.74, 6) is 0.196. The molecule has 0 bridgehead atoms. The van der Waals surface area contributed by atoms with Crippen molar-refractivity contribution in [1.29, 1.82) is 5.26 Å². The Morgan fingerprint density at radius 3 is 2.73 bits per heavy atom. The van der Waals surface area contributed by atoms with Crippen LogP contribution in [0.1, 0.15) is 20.3 Å². The molecule has 11 heavy (non-hydrogen) atoms. The molecule has 2 unspecified atom stereocenters. The minimum Gasteiger partial charge on any atom is -0.374 e. The number of nitriles is 1. The van der Waals surface area contributed by atoms with Gasteiger partial charge in [-0.05, 0) is 5.92 Å². The first kappa shape index (κ1) is 8.51. The van der Waals surface area contributed by atoms with E-state index in [0.29, 0.717) is 13.0 Å². The van der Waals surface area contributed by atoms with E-state index in [2.05, 4.69) is 0 Å². The zero-order chi connectivity index (χ0) is 8.48. The Morgan fingerprint density at radius 2 is 2.36 bits per heavy atom. The van der Waals surface area contributed by atoms with Crippen LogP contribution in [0.15, 0.2) is 0 Å². The van der Waals surface area contributed by atoms with Gasteiger partial charge in [0.05, 0.1) is 6.61 Å². The topological polar surface area (TPSA) is 53.2 Å². The molecule has 0 aromatic rings. The fourth-order valence-corrected chi connectivity index (χ4v) is 1.49. The Morgan fingerprint density at radius 1 is 1.73 bits per heavy atom. The molecule has 1 aliphatic heterocycles. The highest BCUT2D eigenvalue weighted by molar-refractivity contribution is 5.09. The summed E-state index contributed by atoms with van der Waals surface area (Å²) >= 11 is 0. The van der Waals surface area contributed by atoms with E-state index in [4.69, 9.17) is 10.00 Å². The molecule has 1 aliphatic rings. The van der Waals surface area contributed by atoms with Gasteiger partial charge in [0.2, 0.25) is 0 Å². The highest BCUT2D eigenvalue weighted by Crippen LogP contribution is 2.29. The van der Waals surface area contributed by atoms with Crippen LogP contribution < -0.4 is 0 Å². The van der Waals surface area contributed by atoms with Gasteiger partial charge in [-0.15, -0.1) is 0 Å². The number of hydrogen-bond acceptors (Lipinski definition) is 3. The maximum absolute atomic E-state index is 9.64. The summed E-state index contributed by atoms with van der Waals surface area (Å²) in [6.07, 6.45) is 0.124. The smallest absolute Gasteiger partial charge is 0.179 e. The Bertz CT molecular complexity index is 185. The average molecular weight is 155 g/mol. The van der Waals surface area contributed by atoms with Crippen molar-refractivity contribution in [2.24, 2.45) is 5.92 Å². The van der Waals surface area contributed by atoms with Gasteiger partial charge in [0.25, 0.3) is 0 Å². The van der Waals surface area contributed by atoms with Gasteiger partial charge in [-0.3, -0.25) is 0 Å². The standard InChI is InChI=1S/C8H13NO2/c1-6(2)7-8(10,5-9)3-4-11-7/h6-7,10H,3-4H2,1-2H3. The van der Waals surface area contributed by atoms with Crippen molar-refractivity contribution in [2.45, 2.75) is 32.0 Å². The first-order valence-corrected chi connectivity index (χ1v) is 3.85. The minimum atomic E-state index is -1.24. The number of nitrogens with zero attached hydrogens (tertiary/aromatic N) is 1. The van der Waals surface area contributed by atoms with Crippen molar-refractivity contribution in [2.75, 3.05) is 6.61 Å². The number of hydrogen-bond donors (Lipinski definition) is 1. The molecule has 0 spiro atoms. The normalized spacial score (nSPS) is 37.5. The van der Waals surface area contributed by atoms with E-state index in [1.807, 2.05) is 19.9 Å². The molecule has 0 radical (unpaired) electrons. The van der Waals surface area contributed by atoms with Crippen LogP contribution in [0.3, 0.4) is 0 Å². The van der Waals surface area contributed by atoms with Crippen molar-refractivity contribution in [3.63, 3.8) is 0 Å². The summed E-state index contributed by atoms with van der Waals surface area (Å²) in [5.41, 5.74) is -1.24. The zero-order valence-electron chi connectivity index (χ0n) is 6.87. The largest absolute Gasteiger partial charge is 0.374 e. The SMILES string of the molecule is CC(C)C1OCCC1(O)C#N. The maximum Gasteiger partial charge on any atom is 0.179 e. The lowest BCUT2D eigenvalue weighted by atomic mass is 9.90. The van der Waals surface area contributed by atoms with Crippen LogP contribution in [0, 0.1) is 17.2 Å². The Labute approximate surface area is 66.6 Å². The van der Waals surface area contributed by atoms with E-state index >= 15 is 0 Å². The van der Waals surface area contributed by atoms with Gasteiger partial charge >= 0.3 is 0 Å². The van der Waals surface area contributed by atoms with E-state index < -0.39 is 5.60 Å². The quantitative estimate of drug-likeness (QED) is 0.567. The van der Waals surface area contributed by atoms with Crippen LogP contribution in [-0.2, 0) is 4.74 Å². The van der Waals surface area contributed by atoms with Crippen LogP contribution >= 0.6 is 0 Å². The zero-order valence-corrected chi connectivity index (χ0v) is 6.87. The van der Waals surface area contributed by atoms with Crippen LogP contribution in [0.4, 0.5) is 0 Å². The van der Waals surface area contributed by atoms with E-state index in [-0.39, 0.29) is 12.0 Å². The first-order chi connectivity index (χ1) is 5.10. The highest BCUT2D eigenvalue weighted by atomic mass is 16.5. The predicted octanol–water partition coefficient (Wildman–Crippen LogP) is 0.686. The molecule has 1 heterocycles. The third kappa shape index (κ3) is 1.37. The van der Waals surface area contributed by atoms with E-state index in [9.17, 15) is 5.11 Å². The summed E-state index contributed by atoms with van der Waals surface area (Å²) < 4.78 is 5.25. The molecule has 0 amide bonds. The summed E-state index contributed by atoms with van der Waals surface area (Å²) in [5, 5.41) is 18.3. The summed E-state index contributed by atoms with van der Waals surface area (Å²) in [6.45, 7) is 4.38. The van der Waals surface area contributed by atoms with E-state index in [0.717, 1.165) is 0 Å². The monoisotopic (exact) mass is 155 g/mol. The molecule has 1 rings (SSSR count). The Balaban J connectivity index is 2.74. The second-order valence-corrected chi connectivity index (χ2v) is 3.32. The van der Waals surface area contributed by atoms with Crippen LogP contribution in [-0.4, -0.2) is 23.4 Å². The Hall–Kier alpha value is -0.590. The summed E-state index contributed by atoms with van der Waals surface area (Å²) in [4.78, 5) is 0. The summed E-state index contributed by atoms with van der Waals surface area (Å²) in [7, 11) is 0. The fourth-order valence-electron chi connectivity index (χ4n) is 1.49. The number of rotatable bonds is 1. The molecule has 3 nitrogen and oxygen atoms in total. The van der Waals surface area contributed by atoms with Crippen LogP contribution in [0.25, 0.3) is 0 Å². The first-order valence-electron chi connectivity index (χ1n) is 3.85. The lowest BCUT2D eigenvalue weighted by molar-refractivity contribution is -0.0253. The Kier molecular flexibility index (Phi) is 2.17. The molecule has 1 N–H and O–H groups in total. The molecule has 0 saturated carbocycles. The van der Waals surface area contributed by atoms with Gasteiger partial charge in [0, 0.05) is 6.42 Å². The van der Waals surface area contributed by atoms with Gasteiger partial charge in [0.1, 0.15) is 12.2 Å². The van der Waals surface area contributed by atoms with Crippen molar-refractivity contribution in [3.05, 3.63) is 0 Å². The molecule has 0 aliphatic carbocycles. The highest BCUT2D eigenvalue weighted by Gasteiger charge is 2.44. The summed E-state index contributed by atoms with van der Waals surface area (Å²) in [6, 6.07) is 1.90. The van der Waals surface area contributed by atoms with Crippen LogP contribution in [0.2, 0.25) is 0 Å². The third-order valence-electron chi connectivity index (χ3n) is 2.05. The molecule has 62 valence electrons. The fraction of sp³-hybridized carbons (Fsp3) is 0.875. The second-order valence-electron chi connectivity index (χ2n) is 3.32. The van der Waals surface area contributed by atoms with E-state index in [1.165, 1.54) is 0 Å². The van der Waals surface area contributed by atoms with Crippen molar-refractivity contribution in [3.8, 4) is 6.07 Å². The van der Waals surface area contributed by atoms with Gasteiger partial charge in [0.15, 0.2) is 5.60 Å². The molecule has 2 atom stereocenters. The van der Waals surface area contributed by atoms with Gasteiger partial charge in [-0.2, -0.15) is 5.26 Å². The number of aliphatic hydroxyl groups is 1. The van der Waals surface area contributed by atoms with Gasteiger partial charge in [-0.25, -0.2) is 0 Å². The minimum absolute atomic E-state index is 0.196. The van der Waals surface area contributed by atoms with Crippen molar-refractivity contribution >= 4 is 0 Å².